The molecule has 0 spiro atoms. The van der Waals surface area contributed by atoms with Gasteiger partial charge in [0.25, 0.3) is 5.09 Å². The molecule has 0 atom stereocenters. The fourth-order valence-corrected chi connectivity index (χ4v) is 0. The fourth-order valence-electron chi connectivity index (χ4n) is 0. The second-order valence-corrected chi connectivity index (χ2v) is 35.8. The van der Waals surface area contributed by atoms with E-state index in [0.717, 1.165) is 0 Å². The molecule has 0 rings (SSSR count). The van der Waals surface area contributed by atoms with Crippen LogP contribution in [0, 0.1) is 74.9 Å². The molecule has 0 fully saturated rings. The Kier molecular flexibility index (Phi) is 2290. The molecule has 6 radical (unpaired) electrons. The average molecular weight is 1370 g/mol. The minimum absolute atomic E-state index is 0. The maximum absolute atomic E-state index is 8.36. The first-order chi connectivity index (χ1) is 8.46. The van der Waals surface area contributed by atoms with Crippen molar-refractivity contribution in [2.45, 2.75) is 78.7 Å². The van der Waals surface area contributed by atoms with Crippen molar-refractivity contribution in [3.8, 4) is 0 Å². The van der Waals surface area contributed by atoms with E-state index >= 15 is 0 Å². The minimum Gasteiger partial charge on any atom is 0 e. The number of rotatable bonds is 0. The van der Waals surface area contributed by atoms with Crippen LogP contribution in [-0.2, 0) is 201 Å². The second kappa shape index (κ2) is 373. The summed E-state index contributed by atoms with van der Waals surface area (Å²) in [6.45, 7) is 24.0. The molecule has 0 aromatic rings. The maximum atomic E-state index is 8.36. The van der Waals surface area contributed by atoms with Crippen LogP contribution < -0.4 is 0 Å². The van der Waals surface area contributed by atoms with Crippen molar-refractivity contribution in [3.05, 3.63) is 74.9 Å². The molecule has 0 bridgehead atoms. The normalized spacial score (nSPS) is 2.50. The van der Waals surface area contributed by atoms with E-state index < -0.39 is 5.09 Å². The summed E-state index contributed by atoms with van der Waals surface area (Å²) in [7, 11) is 0. The minimum atomic E-state index is -1.50. The van der Waals surface area contributed by atoms with Crippen molar-refractivity contribution in [3.63, 3.8) is 0 Å². The summed E-state index contributed by atoms with van der Waals surface area (Å²) < 4.78 is 0. The van der Waals surface area contributed by atoms with Crippen LogP contribution in [0.5, 0.6) is 0 Å². The molecule has 0 unspecified atom stereocenters. The van der Waals surface area contributed by atoms with Crippen LogP contribution in [0.3, 0.4) is 0 Å². The Morgan fingerprint density at radius 2 is 0.556 bits per heavy atom. The first-order valence-corrected chi connectivity index (χ1v) is 18.4. The van der Waals surface area contributed by atoms with Gasteiger partial charge in [0.2, 0.25) is 0 Å². The van der Waals surface area contributed by atoms with Crippen LogP contribution in [0.25, 0.3) is 0 Å². The van der Waals surface area contributed by atoms with Gasteiger partial charge in [0.15, 0.2) is 0 Å². The largest absolute Gasteiger partial charge is 0 e. The van der Waals surface area contributed by atoms with E-state index in [1.807, 2.05) is 13.8 Å². The SMILES string of the molecule is C.C.C.C.C.CC.O.O.O=[N+]([O-])O.[CH2-]C.[CH2-]C.[CH2-]C.[CH2-]C.[CH3-].[CH3-].[CH3-].[CH3-].[CH3-].[I][V]([I])[I].[Y].[Y].[Y].[Y].[Y].[Y]. The molecule has 0 heterocycles. The van der Waals surface area contributed by atoms with Gasteiger partial charge in [0.05, 0.1) is 0 Å². The third-order valence-corrected chi connectivity index (χ3v) is 0. The average Bonchev–Trinajstić information content (AvgIpc) is 2.39. The Balaban J connectivity index is -0.00000000160. The molecular formula is C20H66I3NO5VY6-9. The monoisotopic (exact) mass is 1370 g/mol. The molecule has 0 saturated heterocycles. The summed E-state index contributed by atoms with van der Waals surface area (Å²) >= 11 is 7.39. The Morgan fingerprint density at radius 3 is 0.556 bits per heavy atom. The summed E-state index contributed by atoms with van der Waals surface area (Å²) in [5.74, 6) is 0. The zero-order valence-corrected chi connectivity index (χ0v) is 46.5. The Hall–Kier alpha value is 8.52. The number of halogens is 3. The summed E-state index contributed by atoms with van der Waals surface area (Å²) in [5, 5.41) is 13.6. The number of hydrogen-bond donors (Lipinski definition) is 1. The molecule has 36 heavy (non-hydrogen) atoms. The van der Waals surface area contributed by atoms with Crippen LogP contribution in [0.1, 0.15) is 78.7 Å². The van der Waals surface area contributed by atoms with Gasteiger partial charge in [-0.3, -0.25) is 0 Å². The summed E-state index contributed by atoms with van der Waals surface area (Å²) in [4.78, 5) is 8.08. The van der Waals surface area contributed by atoms with Gasteiger partial charge in [0, 0.05) is 196 Å². The third-order valence-electron chi connectivity index (χ3n) is 0. The molecule has 16 heteroatoms. The molecular weight excluding hydrogens is 1300 g/mol. The first-order valence-electron chi connectivity index (χ1n) is 4.90. The molecule has 0 saturated carbocycles. The van der Waals surface area contributed by atoms with Crippen molar-refractivity contribution >= 4 is 59.9 Å². The predicted molar refractivity (Wildman–Crippen MR) is 179 cm³/mol. The van der Waals surface area contributed by atoms with E-state index in [4.69, 9.17) is 15.3 Å². The summed E-state index contributed by atoms with van der Waals surface area (Å²) in [6, 6.07) is 0. The van der Waals surface area contributed by atoms with Crippen molar-refractivity contribution in [1.29, 1.82) is 0 Å². The smallest absolute Gasteiger partial charge is 0 e. The van der Waals surface area contributed by atoms with Gasteiger partial charge in [-0.1, -0.05) is 51.0 Å². The zero-order chi connectivity index (χ0) is 17.2. The maximum Gasteiger partial charge on any atom is 0 e. The topological polar surface area (TPSA) is 126 Å². The standard InChI is InChI=1S/C2H6.4C2H5.5CH4.5CH3.3HI.HNO3.2H2O.V.6Y/c5*1-2;;;;;;;;;;;;;;2-1(3)4;;;;;;;;;/h1-2H3;4*1H2,2H3;5*1H4;5*1H3;3*1H;(H,2,3,4);2*1H2;;;;;;;/q;4*-1;;;;;;5*-1;;;;;;;+3;;;;;;/p-3. The number of nitrogens with zero attached hydrogens (tertiary/aromatic N) is 1. The molecule has 0 aliphatic rings. The molecule has 0 aromatic heterocycles. The van der Waals surface area contributed by atoms with E-state index in [9.17, 15) is 0 Å². The van der Waals surface area contributed by atoms with Gasteiger partial charge in [-0.05, 0) is 0 Å². The van der Waals surface area contributed by atoms with Gasteiger partial charge in [-0.2, -0.15) is 27.7 Å². The van der Waals surface area contributed by atoms with Crippen molar-refractivity contribution in [2.24, 2.45) is 0 Å². The van der Waals surface area contributed by atoms with E-state index in [1.54, 1.807) is 27.7 Å². The molecule has 234 valence electrons. The number of hydrogen-bond acceptors (Lipinski definition) is 2. The van der Waals surface area contributed by atoms with E-state index in [-0.39, 0.29) is 286 Å². The van der Waals surface area contributed by atoms with Gasteiger partial charge in [0.1, 0.15) is 0 Å². The molecule has 0 aromatic carbocycles. The summed E-state index contributed by atoms with van der Waals surface area (Å²) in [6.07, 6.45) is 0. The van der Waals surface area contributed by atoms with Crippen LogP contribution in [0.4, 0.5) is 0 Å². The zero-order valence-electron chi connectivity index (χ0n) is 21.6. The molecule has 0 amide bonds. The van der Waals surface area contributed by atoms with E-state index in [1.165, 1.54) is 0 Å². The van der Waals surface area contributed by atoms with E-state index in [0.29, 0.717) is 0 Å². The van der Waals surface area contributed by atoms with Crippen LogP contribution in [0.2, 0.25) is 0 Å². The fraction of sp³-hybridized carbons (Fsp3) is 0.550. The van der Waals surface area contributed by atoms with Crippen molar-refractivity contribution < 1.29 is 222 Å². The van der Waals surface area contributed by atoms with Gasteiger partial charge in [-0.15, -0.1) is 10.1 Å². The Bertz CT molecular complexity index is 112. The van der Waals surface area contributed by atoms with Crippen LogP contribution in [0.15, 0.2) is 0 Å². The summed E-state index contributed by atoms with van der Waals surface area (Å²) in [5.41, 5.74) is 0. The van der Waals surface area contributed by atoms with Crippen molar-refractivity contribution in [1.82, 2.24) is 0 Å². The third kappa shape index (κ3) is 1010. The molecule has 5 N–H and O–H groups in total. The molecule has 6 nitrogen and oxygen atoms in total. The van der Waals surface area contributed by atoms with Gasteiger partial charge in [-0.25, -0.2) is 0 Å². The Morgan fingerprint density at radius 1 is 0.556 bits per heavy atom. The quantitative estimate of drug-likeness (QED) is 0.112. The van der Waals surface area contributed by atoms with Gasteiger partial charge >= 0.3 is 64.9 Å². The molecule has 0 aliphatic carbocycles. The first kappa shape index (κ1) is 221. The van der Waals surface area contributed by atoms with E-state index in [2.05, 4.69) is 87.6 Å². The molecule has 0 aliphatic heterocycles. The van der Waals surface area contributed by atoms with Crippen LogP contribution >= 0.6 is 59.9 Å². The van der Waals surface area contributed by atoms with Gasteiger partial charge < -0.3 is 81.0 Å². The van der Waals surface area contributed by atoms with Crippen molar-refractivity contribution in [2.75, 3.05) is 0 Å². The second-order valence-electron chi connectivity index (χ2n) is 0.429. The Labute approximate surface area is 425 Å². The predicted octanol–water partition coefficient (Wildman–Crippen LogP) is 10.5. The van der Waals surface area contributed by atoms with Crippen LogP contribution in [-0.4, -0.2) is 21.2 Å².